The third kappa shape index (κ3) is 4.54. The number of hydrogen-bond donors (Lipinski definition) is 2. The summed E-state index contributed by atoms with van der Waals surface area (Å²) >= 11 is 0. The molecular weight excluding hydrogens is 300 g/mol. The van der Waals surface area contributed by atoms with Crippen molar-refractivity contribution in [2.45, 2.75) is 53.0 Å². The van der Waals surface area contributed by atoms with E-state index in [1.165, 1.54) is 5.56 Å². The van der Waals surface area contributed by atoms with E-state index >= 15 is 0 Å². The van der Waals surface area contributed by atoms with E-state index in [0.717, 1.165) is 11.3 Å². The topological polar surface area (TPSA) is 66.9 Å². The van der Waals surface area contributed by atoms with Crippen LogP contribution in [0.4, 0.5) is 11.6 Å². The second-order valence-electron chi connectivity index (χ2n) is 7.32. The Morgan fingerprint density at radius 1 is 1.12 bits per heavy atom. The minimum absolute atomic E-state index is 0.173. The molecule has 0 aliphatic rings. The SMILES string of the molecule is Cc1cccc(C(C)C)c1Nc1ncc(C(=O)NC(C)(C)C)cn1. The predicted molar refractivity (Wildman–Crippen MR) is 97.8 cm³/mol. The highest BCUT2D eigenvalue weighted by Gasteiger charge is 2.16. The largest absolute Gasteiger partial charge is 0.347 e. The van der Waals surface area contributed by atoms with Gasteiger partial charge in [0.25, 0.3) is 5.91 Å². The monoisotopic (exact) mass is 326 g/mol. The van der Waals surface area contributed by atoms with Gasteiger partial charge in [-0.15, -0.1) is 0 Å². The lowest BCUT2D eigenvalue weighted by Gasteiger charge is -2.20. The summed E-state index contributed by atoms with van der Waals surface area (Å²) in [5, 5.41) is 6.18. The Hall–Kier alpha value is -2.43. The molecule has 2 rings (SSSR count). The highest BCUT2D eigenvalue weighted by Crippen LogP contribution is 2.29. The van der Waals surface area contributed by atoms with Crippen LogP contribution >= 0.6 is 0 Å². The molecule has 0 aliphatic carbocycles. The smallest absolute Gasteiger partial charge is 0.254 e. The van der Waals surface area contributed by atoms with Gasteiger partial charge in [-0.1, -0.05) is 32.0 Å². The maximum Gasteiger partial charge on any atom is 0.254 e. The second-order valence-corrected chi connectivity index (χ2v) is 7.32. The number of rotatable bonds is 4. The van der Waals surface area contributed by atoms with E-state index in [0.29, 0.717) is 17.4 Å². The van der Waals surface area contributed by atoms with Crippen molar-refractivity contribution >= 4 is 17.5 Å². The Labute approximate surface area is 143 Å². The third-order valence-corrected chi connectivity index (χ3v) is 3.57. The number of nitrogens with zero attached hydrogens (tertiary/aromatic N) is 2. The molecule has 0 unspecified atom stereocenters. The number of carbonyl (C=O) groups excluding carboxylic acids is 1. The number of amides is 1. The summed E-state index contributed by atoms with van der Waals surface area (Å²) in [6, 6.07) is 6.21. The quantitative estimate of drug-likeness (QED) is 0.884. The first kappa shape index (κ1) is 17.9. The standard InChI is InChI=1S/C19H26N4O/c1-12(2)15-9-7-8-13(3)16(15)22-18-20-10-14(11-21-18)17(24)23-19(4,5)6/h7-12H,1-6H3,(H,23,24)(H,20,21,22). The summed E-state index contributed by atoms with van der Waals surface area (Å²) in [5.74, 6) is 0.704. The molecule has 0 aliphatic heterocycles. The Morgan fingerprint density at radius 3 is 2.29 bits per heavy atom. The fourth-order valence-corrected chi connectivity index (χ4v) is 2.38. The first-order valence-corrected chi connectivity index (χ1v) is 8.18. The summed E-state index contributed by atoms with van der Waals surface area (Å²) < 4.78 is 0. The minimum Gasteiger partial charge on any atom is -0.347 e. The zero-order chi connectivity index (χ0) is 17.9. The van der Waals surface area contributed by atoms with Gasteiger partial charge in [-0.05, 0) is 44.7 Å². The molecule has 1 heterocycles. The van der Waals surface area contributed by atoms with Gasteiger partial charge in [-0.25, -0.2) is 9.97 Å². The zero-order valence-corrected chi connectivity index (χ0v) is 15.3. The summed E-state index contributed by atoms with van der Waals surface area (Å²) in [6.07, 6.45) is 3.09. The predicted octanol–water partition coefficient (Wildman–Crippen LogP) is 4.18. The lowest BCUT2D eigenvalue weighted by molar-refractivity contribution is 0.0919. The molecule has 2 aromatic rings. The zero-order valence-electron chi connectivity index (χ0n) is 15.3. The van der Waals surface area contributed by atoms with Crippen molar-refractivity contribution in [1.29, 1.82) is 0 Å². The van der Waals surface area contributed by atoms with Crippen molar-refractivity contribution in [2.24, 2.45) is 0 Å². The van der Waals surface area contributed by atoms with E-state index in [2.05, 4.69) is 59.6 Å². The Balaban J connectivity index is 2.20. The second kappa shape index (κ2) is 6.99. The molecule has 1 aromatic carbocycles. The number of aromatic nitrogens is 2. The summed E-state index contributed by atoms with van der Waals surface area (Å²) in [7, 11) is 0. The molecule has 0 spiro atoms. The van der Waals surface area contributed by atoms with Gasteiger partial charge in [0, 0.05) is 23.6 Å². The summed E-state index contributed by atoms with van der Waals surface area (Å²) in [5.41, 5.74) is 3.54. The Bertz CT molecular complexity index is 715. The maximum atomic E-state index is 12.1. The first-order valence-electron chi connectivity index (χ1n) is 8.18. The number of carbonyl (C=O) groups is 1. The fourth-order valence-electron chi connectivity index (χ4n) is 2.38. The van der Waals surface area contributed by atoms with Crippen LogP contribution in [0.3, 0.4) is 0 Å². The van der Waals surface area contributed by atoms with Crippen LogP contribution in [0.2, 0.25) is 0 Å². The number of hydrogen-bond acceptors (Lipinski definition) is 4. The number of aryl methyl sites for hydroxylation is 1. The van der Waals surface area contributed by atoms with E-state index in [4.69, 9.17) is 0 Å². The number of para-hydroxylation sites is 1. The average molecular weight is 326 g/mol. The maximum absolute atomic E-state index is 12.1. The van der Waals surface area contributed by atoms with Gasteiger partial charge < -0.3 is 10.6 Å². The number of benzene rings is 1. The van der Waals surface area contributed by atoms with Crippen LogP contribution in [0.25, 0.3) is 0 Å². The summed E-state index contributed by atoms with van der Waals surface area (Å²) in [6.45, 7) is 12.2. The summed E-state index contributed by atoms with van der Waals surface area (Å²) in [4.78, 5) is 20.7. The molecule has 0 fully saturated rings. The van der Waals surface area contributed by atoms with Gasteiger partial charge in [0.1, 0.15) is 0 Å². The Morgan fingerprint density at radius 2 is 1.75 bits per heavy atom. The third-order valence-electron chi connectivity index (χ3n) is 3.57. The molecule has 24 heavy (non-hydrogen) atoms. The average Bonchev–Trinajstić information content (AvgIpc) is 2.48. The minimum atomic E-state index is -0.290. The van der Waals surface area contributed by atoms with Gasteiger partial charge in [-0.3, -0.25) is 4.79 Å². The van der Waals surface area contributed by atoms with Crippen LogP contribution in [0.1, 0.15) is 62.0 Å². The van der Waals surface area contributed by atoms with E-state index in [1.807, 2.05) is 20.8 Å². The highest BCUT2D eigenvalue weighted by atomic mass is 16.1. The number of anilines is 2. The molecule has 0 bridgehead atoms. The lowest BCUT2D eigenvalue weighted by Crippen LogP contribution is -2.40. The lowest BCUT2D eigenvalue weighted by atomic mass is 9.98. The fraction of sp³-hybridized carbons (Fsp3) is 0.421. The molecule has 1 aromatic heterocycles. The molecule has 2 N–H and O–H groups in total. The van der Waals surface area contributed by atoms with E-state index < -0.39 is 0 Å². The molecule has 5 heteroatoms. The molecule has 0 radical (unpaired) electrons. The molecule has 0 saturated carbocycles. The van der Waals surface area contributed by atoms with Crippen LogP contribution in [0, 0.1) is 6.92 Å². The molecule has 5 nitrogen and oxygen atoms in total. The molecule has 0 atom stereocenters. The van der Waals surface area contributed by atoms with Crippen molar-refractivity contribution in [2.75, 3.05) is 5.32 Å². The van der Waals surface area contributed by atoms with Gasteiger partial charge >= 0.3 is 0 Å². The molecule has 0 saturated heterocycles. The van der Waals surface area contributed by atoms with E-state index in [9.17, 15) is 4.79 Å². The molecule has 1 amide bonds. The highest BCUT2D eigenvalue weighted by molar-refractivity contribution is 5.94. The van der Waals surface area contributed by atoms with Gasteiger partial charge in [0.05, 0.1) is 5.56 Å². The van der Waals surface area contributed by atoms with Crippen LogP contribution in [0.5, 0.6) is 0 Å². The van der Waals surface area contributed by atoms with Crippen LogP contribution in [-0.2, 0) is 0 Å². The van der Waals surface area contributed by atoms with Gasteiger partial charge in [0.15, 0.2) is 0 Å². The van der Waals surface area contributed by atoms with Crippen molar-refractivity contribution in [3.63, 3.8) is 0 Å². The molecular formula is C19H26N4O. The van der Waals surface area contributed by atoms with Crippen molar-refractivity contribution < 1.29 is 4.79 Å². The van der Waals surface area contributed by atoms with Crippen molar-refractivity contribution in [1.82, 2.24) is 15.3 Å². The van der Waals surface area contributed by atoms with E-state index in [1.54, 1.807) is 12.4 Å². The van der Waals surface area contributed by atoms with Gasteiger partial charge in [0.2, 0.25) is 5.95 Å². The number of nitrogens with one attached hydrogen (secondary N) is 2. The van der Waals surface area contributed by atoms with Crippen LogP contribution in [-0.4, -0.2) is 21.4 Å². The van der Waals surface area contributed by atoms with E-state index in [-0.39, 0.29) is 11.4 Å². The first-order chi connectivity index (χ1) is 11.2. The Kier molecular flexibility index (Phi) is 5.22. The normalized spacial score (nSPS) is 11.5. The molecule has 128 valence electrons. The van der Waals surface area contributed by atoms with Crippen LogP contribution < -0.4 is 10.6 Å². The van der Waals surface area contributed by atoms with Crippen molar-refractivity contribution in [3.8, 4) is 0 Å². The van der Waals surface area contributed by atoms with Crippen LogP contribution in [0.15, 0.2) is 30.6 Å². The van der Waals surface area contributed by atoms with Crippen molar-refractivity contribution in [3.05, 3.63) is 47.3 Å². The van der Waals surface area contributed by atoms with Gasteiger partial charge in [-0.2, -0.15) is 0 Å².